The second-order valence-electron chi connectivity index (χ2n) is 5.05. The van der Waals surface area contributed by atoms with E-state index in [1.165, 1.54) is 0 Å². The van der Waals surface area contributed by atoms with Crippen molar-refractivity contribution in [2.24, 2.45) is 5.73 Å². The number of hydrogen-bond acceptors (Lipinski definition) is 3. The summed E-state index contributed by atoms with van der Waals surface area (Å²) >= 11 is 6.23. The fourth-order valence-corrected chi connectivity index (χ4v) is 2.52. The van der Waals surface area contributed by atoms with Gasteiger partial charge in [0.1, 0.15) is 0 Å². The molecule has 2 N–H and O–H groups in total. The first kappa shape index (κ1) is 14.3. The number of likely N-dealkylation sites (N-methyl/N-ethyl adjacent to an activating group) is 1. The highest BCUT2D eigenvalue weighted by atomic mass is 35.5. The molecule has 0 aliphatic rings. The molecule has 1 aromatic heterocycles. The van der Waals surface area contributed by atoms with Gasteiger partial charge >= 0.3 is 0 Å². The van der Waals surface area contributed by atoms with Crippen LogP contribution in [0.4, 0.5) is 0 Å². The molecule has 3 nitrogen and oxygen atoms in total. The van der Waals surface area contributed by atoms with Crippen molar-refractivity contribution in [2.75, 3.05) is 13.6 Å². The van der Waals surface area contributed by atoms with Crippen LogP contribution in [-0.4, -0.2) is 29.5 Å². The molecule has 0 bridgehead atoms. The first-order valence-electron chi connectivity index (χ1n) is 6.51. The van der Waals surface area contributed by atoms with Crippen molar-refractivity contribution < 1.29 is 0 Å². The minimum absolute atomic E-state index is 0.148. The molecule has 0 radical (unpaired) electrons. The largest absolute Gasteiger partial charge is 0.329 e. The molecule has 2 rings (SSSR count). The summed E-state index contributed by atoms with van der Waals surface area (Å²) in [6.07, 6.45) is 1.80. The summed E-state index contributed by atoms with van der Waals surface area (Å²) in [5.74, 6) is 0. The monoisotopic (exact) mass is 277 g/mol. The molecule has 2 aromatic rings. The number of nitrogens with zero attached hydrogens (tertiary/aromatic N) is 2. The summed E-state index contributed by atoms with van der Waals surface area (Å²) in [7, 11) is 2.09. The van der Waals surface area contributed by atoms with Crippen LogP contribution in [-0.2, 0) is 0 Å². The van der Waals surface area contributed by atoms with Gasteiger partial charge in [-0.15, -0.1) is 0 Å². The minimum Gasteiger partial charge on any atom is -0.329 e. The highest BCUT2D eigenvalue weighted by Crippen LogP contribution is 2.30. The predicted molar refractivity (Wildman–Crippen MR) is 81.4 cm³/mol. The summed E-state index contributed by atoms with van der Waals surface area (Å²) < 4.78 is 0. The van der Waals surface area contributed by atoms with Gasteiger partial charge in [-0.2, -0.15) is 0 Å². The van der Waals surface area contributed by atoms with E-state index in [1.807, 2.05) is 24.3 Å². The van der Waals surface area contributed by atoms with E-state index in [0.717, 1.165) is 21.5 Å². The molecule has 0 spiro atoms. The van der Waals surface area contributed by atoms with E-state index in [9.17, 15) is 0 Å². The van der Waals surface area contributed by atoms with Gasteiger partial charge in [-0.05, 0) is 44.7 Å². The molecule has 0 aliphatic heterocycles. The number of rotatable bonds is 4. The van der Waals surface area contributed by atoms with Crippen LogP contribution in [0.5, 0.6) is 0 Å². The van der Waals surface area contributed by atoms with Crippen molar-refractivity contribution in [3.8, 4) is 0 Å². The van der Waals surface area contributed by atoms with E-state index < -0.39 is 0 Å². The van der Waals surface area contributed by atoms with Gasteiger partial charge in [0.2, 0.25) is 0 Å². The number of halogens is 1. The van der Waals surface area contributed by atoms with Crippen LogP contribution >= 0.6 is 11.6 Å². The number of benzene rings is 1. The van der Waals surface area contributed by atoms with Crippen molar-refractivity contribution in [3.63, 3.8) is 0 Å². The van der Waals surface area contributed by atoms with Crippen molar-refractivity contribution >= 4 is 22.5 Å². The average Bonchev–Trinajstić information content (AvgIpc) is 2.42. The second-order valence-corrected chi connectivity index (χ2v) is 5.45. The van der Waals surface area contributed by atoms with E-state index in [4.69, 9.17) is 17.3 Å². The number of pyridine rings is 1. The van der Waals surface area contributed by atoms with Crippen LogP contribution in [0.25, 0.3) is 10.9 Å². The smallest absolute Gasteiger partial charge is 0.0765 e. The Morgan fingerprint density at radius 1 is 1.32 bits per heavy atom. The van der Waals surface area contributed by atoms with Gasteiger partial charge < -0.3 is 5.73 Å². The molecule has 1 heterocycles. The molecule has 19 heavy (non-hydrogen) atoms. The zero-order valence-electron chi connectivity index (χ0n) is 11.6. The average molecular weight is 278 g/mol. The van der Waals surface area contributed by atoms with E-state index in [2.05, 4.69) is 30.8 Å². The van der Waals surface area contributed by atoms with Gasteiger partial charge in [0, 0.05) is 35.2 Å². The third-order valence-corrected chi connectivity index (χ3v) is 3.97. The van der Waals surface area contributed by atoms with Gasteiger partial charge in [-0.25, -0.2) is 0 Å². The topological polar surface area (TPSA) is 42.1 Å². The van der Waals surface area contributed by atoms with Crippen LogP contribution in [0.2, 0.25) is 5.02 Å². The van der Waals surface area contributed by atoms with Gasteiger partial charge in [0.25, 0.3) is 0 Å². The van der Waals surface area contributed by atoms with Crippen LogP contribution in [0, 0.1) is 0 Å². The number of aromatic nitrogens is 1. The first-order valence-corrected chi connectivity index (χ1v) is 6.89. The fraction of sp³-hybridized carbons (Fsp3) is 0.400. The quantitative estimate of drug-likeness (QED) is 0.933. The third kappa shape index (κ3) is 2.73. The highest BCUT2D eigenvalue weighted by molar-refractivity contribution is 6.35. The minimum atomic E-state index is 0.148. The maximum absolute atomic E-state index is 6.23. The van der Waals surface area contributed by atoms with Crippen molar-refractivity contribution in [1.82, 2.24) is 9.88 Å². The lowest BCUT2D eigenvalue weighted by Gasteiger charge is -2.31. The standard InChI is InChI=1S/C15H20ClN3/c1-10(2)19(3)14(9-17)12-6-7-13(16)11-5-4-8-18-15(11)12/h4-8,10,14H,9,17H2,1-3H3. The fourth-order valence-electron chi connectivity index (χ4n) is 2.30. The molecule has 0 amide bonds. The van der Waals surface area contributed by atoms with Crippen LogP contribution in [0.3, 0.4) is 0 Å². The Hall–Kier alpha value is -1.16. The summed E-state index contributed by atoms with van der Waals surface area (Å²) in [4.78, 5) is 6.75. The molecule has 0 aliphatic carbocycles. The predicted octanol–water partition coefficient (Wildman–Crippen LogP) is 3.23. The van der Waals surface area contributed by atoms with Gasteiger partial charge in [-0.3, -0.25) is 9.88 Å². The molecule has 4 heteroatoms. The molecular weight excluding hydrogens is 258 g/mol. The summed E-state index contributed by atoms with van der Waals surface area (Å²) in [5, 5.41) is 1.71. The molecular formula is C15H20ClN3. The van der Waals surface area contributed by atoms with Gasteiger partial charge in [0.15, 0.2) is 0 Å². The molecule has 1 unspecified atom stereocenters. The molecule has 102 valence electrons. The summed E-state index contributed by atoms with van der Waals surface area (Å²) in [6.45, 7) is 4.88. The molecule has 0 fully saturated rings. The lowest BCUT2D eigenvalue weighted by atomic mass is 10.0. The zero-order valence-corrected chi connectivity index (χ0v) is 12.4. The van der Waals surface area contributed by atoms with Crippen molar-refractivity contribution in [2.45, 2.75) is 25.9 Å². The Bertz CT molecular complexity index is 568. The number of fused-ring (bicyclic) bond motifs is 1. The van der Waals surface area contributed by atoms with Crippen LogP contribution < -0.4 is 5.73 Å². The van der Waals surface area contributed by atoms with E-state index in [1.54, 1.807) is 6.20 Å². The Kier molecular flexibility index (Phi) is 4.40. The Balaban J connectivity index is 2.58. The normalized spacial score (nSPS) is 13.4. The van der Waals surface area contributed by atoms with E-state index in [0.29, 0.717) is 12.6 Å². The molecule has 1 atom stereocenters. The second kappa shape index (κ2) is 5.87. The SMILES string of the molecule is CC(C)N(C)C(CN)c1ccc(Cl)c2cccnc12. The Morgan fingerprint density at radius 2 is 2.05 bits per heavy atom. The van der Waals surface area contributed by atoms with Crippen molar-refractivity contribution in [3.05, 3.63) is 41.0 Å². The Labute approximate surface area is 119 Å². The summed E-state index contributed by atoms with van der Waals surface area (Å²) in [6, 6.07) is 8.43. The maximum atomic E-state index is 6.23. The molecule has 0 saturated heterocycles. The zero-order chi connectivity index (χ0) is 14.0. The van der Waals surface area contributed by atoms with E-state index in [-0.39, 0.29) is 6.04 Å². The van der Waals surface area contributed by atoms with Gasteiger partial charge in [-0.1, -0.05) is 17.7 Å². The lowest BCUT2D eigenvalue weighted by Crippen LogP contribution is -2.35. The maximum Gasteiger partial charge on any atom is 0.0765 e. The number of hydrogen-bond donors (Lipinski definition) is 1. The van der Waals surface area contributed by atoms with Crippen molar-refractivity contribution in [1.29, 1.82) is 0 Å². The molecule has 1 aromatic carbocycles. The van der Waals surface area contributed by atoms with Crippen LogP contribution in [0.1, 0.15) is 25.5 Å². The van der Waals surface area contributed by atoms with E-state index >= 15 is 0 Å². The highest BCUT2D eigenvalue weighted by Gasteiger charge is 2.21. The van der Waals surface area contributed by atoms with Crippen LogP contribution in [0.15, 0.2) is 30.5 Å². The first-order chi connectivity index (χ1) is 9.06. The molecule has 0 saturated carbocycles. The third-order valence-electron chi connectivity index (χ3n) is 3.64. The number of nitrogens with two attached hydrogens (primary N) is 1. The summed E-state index contributed by atoms with van der Waals surface area (Å²) in [5.41, 5.74) is 8.05. The Morgan fingerprint density at radius 3 is 2.68 bits per heavy atom. The lowest BCUT2D eigenvalue weighted by molar-refractivity contribution is 0.202. The van der Waals surface area contributed by atoms with Gasteiger partial charge in [0.05, 0.1) is 5.52 Å².